The maximum atomic E-state index is 12.7. The zero-order valence-corrected chi connectivity index (χ0v) is 12.4. The first-order valence-corrected chi connectivity index (χ1v) is 6.69. The number of amides is 2. The van der Waals surface area contributed by atoms with Crippen LogP contribution < -0.4 is 5.73 Å². The number of benzene rings is 1. The number of nitrogens with zero attached hydrogens (tertiary/aromatic N) is 2. The summed E-state index contributed by atoms with van der Waals surface area (Å²) in [6.45, 7) is 6.52. The van der Waals surface area contributed by atoms with E-state index in [1.54, 1.807) is 42.8 Å². The van der Waals surface area contributed by atoms with Gasteiger partial charge in [0.05, 0.1) is 5.56 Å². The number of nitrogen functional groups attached to an aromatic ring is 1. The first kappa shape index (κ1) is 14.4. The molecule has 2 amide bonds. The molecule has 5 heteroatoms. The summed E-state index contributed by atoms with van der Waals surface area (Å²) in [5, 5.41) is 0. The smallest absolute Gasteiger partial charge is 0.256 e. The van der Waals surface area contributed by atoms with Gasteiger partial charge >= 0.3 is 0 Å². The van der Waals surface area contributed by atoms with E-state index < -0.39 is 5.54 Å². The molecule has 1 aromatic carbocycles. The van der Waals surface area contributed by atoms with Crippen LogP contribution in [0.5, 0.6) is 0 Å². The molecule has 20 heavy (non-hydrogen) atoms. The van der Waals surface area contributed by atoms with E-state index in [1.807, 2.05) is 13.0 Å². The van der Waals surface area contributed by atoms with Crippen LogP contribution in [0.15, 0.2) is 18.2 Å². The second kappa shape index (κ2) is 4.81. The minimum Gasteiger partial charge on any atom is -0.398 e. The van der Waals surface area contributed by atoms with E-state index in [2.05, 4.69) is 0 Å². The number of carbonyl (C=O) groups is 2. The average molecular weight is 275 g/mol. The van der Waals surface area contributed by atoms with Crippen molar-refractivity contribution >= 4 is 17.5 Å². The Hall–Kier alpha value is -2.04. The summed E-state index contributed by atoms with van der Waals surface area (Å²) < 4.78 is 0. The highest BCUT2D eigenvalue weighted by Gasteiger charge is 2.43. The minimum absolute atomic E-state index is 0.0530. The average Bonchev–Trinajstić information content (AvgIpc) is 2.35. The van der Waals surface area contributed by atoms with Crippen LogP contribution >= 0.6 is 0 Å². The van der Waals surface area contributed by atoms with Gasteiger partial charge in [0.1, 0.15) is 5.54 Å². The zero-order valence-electron chi connectivity index (χ0n) is 12.4. The predicted octanol–water partition coefficient (Wildman–Crippen LogP) is 1.27. The van der Waals surface area contributed by atoms with E-state index in [-0.39, 0.29) is 11.8 Å². The van der Waals surface area contributed by atoms with Crippen LogP contribution in [-0.4, -0.2) is 47.3 Å². The Morgan fingerprint density at radius 1 is 1.30 bits per heavy atom. The number of anilines is 1. The van der Waals surface area contributed by atoms with Gasteiger partial charge in [-0.05, 0) is 38.5 Å². The molecule has 0 aliphatic carbocycles. The molecule has 1 aliphatic heterocycles. The molecule has 108 valence electrons. The highest BCUT2D eigenvalue weighted by Crippen LogP contribution is 2.26. The number of hydrogen-bond donors (Lipinski definition) is 1. The molecule has 0 bridgehead atoms. The van der Waals surface area contributed by atoms with Gasteiger partial charge < -0.3 is 15.5 Å². The highest BCUT2D eigenvalue weighted by atomic mass is 16.2. The van der Waals surface area contributed by atoms with Crippen LogP contribution in [0.4, 0.5) is 5.69 Å². The molecule has 0 spiro atoms. The predicted molar refractivity (Wildman–Crippen MR) is 78.3 cm³/mol. The van der Waals surface area contributed by atoms with Crippen LogP contribution in [0.3, 0.4) is 0 Å². The lowest BCUT2D eigenvalue weighted by Gasteiger charge is -2.44. The molecular weight excluding hydrogens is 254 g/mol. The van der Waals surface area contributed by atoms with Gasteiger partial charge in [0.2, 0.25) is 5.91 Å². The van der Waals surface area contributed by atoms with E-state index in [1.165, 1.54) is 0 Å². The number of nitrogens with two attached hydrogens (primary N) is 1. The second-order valence-corrected chi connectivity index (χ2v) is 5.83. The standard InChI is InChI=1S/C15H21N3O2/c1-10-5-6-11(12(16)9-10)13(19)18-8-7-17(4)14(20)15(18,2)3/h5-6,9H,7-8,16H2,1-4H3. The second-order valence-electron chi connectivity index (χ2n) is 5.83. The van der Waals surface area contributed by atoms with Gasteiger partial charge in [0.15, 0.2) is 0 Å². The van der Waals surface area contributed by atoms with Gasteiger partial charge in [-0.3, -0.25) is 9.59 Å². The van der Waals surface area contributed by atoms with Crippen molar-refractivity contribution in [2.75, 3.05) is 25.9 Å². The van der Waals surface area contributed by atoms with Crippen LogP contribution in [0.1, 0.15) is 29.8 Å². The normalized spacial score (nSPS) is 18.3. The number of aryl methyl sites for hydroxylation is 1. The van der Waals surface area contributed by atoms with Crippen molar-refractivity contribution in [2.24, 2.45) is 0 Å². The van der Waals surface area contributed by atoms with Crippen molar-refractivity contribution in [1.29, 1.82) is 0 Å². The Balaban J connectivity index is 2.35. The third-order valence-electron chi connectivity index (χ3n) is 3.89. The summed E-state index contributed by atoms with van der Waals surface area (Å²) in [7, 11) is 1.76. The van der Waals surface area contributed by atoms with Crippen molar-refractivity contribution < 1.29 is 9.59 Å². The van der Waals surface area contributed by atoms with Gasteiger partial charge in [-0.2, -0.15) is 0 Å². The Kier molecular flexibility index (Phi) is 3.46. The fourth-order valence-electron chi connectivity index (χ4n) is 2.59. The van der Waals surface area contributed by atoms with Crippen molar-refractivity contribution in [3.8, 4) is 0 Å². The molecule has 2 N–H and O–H groups in total. The molecule has 2 rings (SSSR count). The molecule has 1 fully saturated rings. The Morgan fingerprint density at radius 2 is 1.95 bits per heavy atom. The fourth-order valence-corrected chi connectivity index (χ4v) is 2.59. The molecule has 1 aliphatic rings. The summed E-state index contributed by atoms with van der Waals surface area (Å²) in [6.07, 6.45) is 0. The molecule has 0 unspecified atom stereocenters. The maximum absolute atomic E-state index is 12.7. The molecule has 5 nitrogen and oxygen atoms in total. The number of carbonyl (C=O) groups excluding carboxylic acids is 2. The molecule has 0 saturated carbocycles. The lowest BCUT2D eigenvalue weighted by Crippen LogP contribution is -2.63. The summed E-state index contributed by atoms with van der Waals surface area (Å²) in [6, 6.07) is 5.36. The molecule has 1 saturated heterocycles. The third-order valence-corrected chi connectivity index (χ3v) is 3.89. The summed E-state index contributed by atoms with van der Waals surface area (Å²) in [4.78, 5) is 28.2. The molecule has 0 atom stereocenters. The first-order chi connectivity index (χ1) is 9.25. The lowest BCUT2D eigenvalue weighted by molar-refractivity contribution is -0.144. The van der Waals surface area contributed by atoms with Crippen LogP contribution in [0.2, 0.25) is 0 Å². The van der Waals surface area contributed by atoms with Gasteiger partial charge in [0.25, 0.3) is 5.91 Å². The first-order valence-electron chi connectivity index (χ1n) is 6.69. The Bertz CT molecular complexity index is 566. The van der Waals surface area contributed by atoms with Crippen molar-refractivity contribution in [1.82, 2.24) is 9.80 Å². The van der Waals surface area contributed by atoms with Gasteiger partial charge in [-0.1, -0.05) is 6.07 Å². The number of likely N-dealkylation sites (N-methyl/N-ethyl adjacent to an activating group) is 1. The number of rotatable bonds is 1. The molecule has 1 aromatic rings. The van der Waals surface area contributed by atoms with Crippen LogP contribution in [0, 0.1) is 6.92 Å². The molecule has 0 aromatic heterocycles. The van der Waals surface area contributed by atoms with Crippen molar-refractivity contribution in [3.63, 3.8) is 0 Å². The summed E-state index contributed by atoms with van der Waals surface area (Å²) in [5.74, 6) is -0.239. The van der Waals surface area contributed by atoms with E-state index in [9.17, 15) is 9.59 Å². The van der Waals surface area contributed by atoms with Crippen LogP contribution in [0.25, 0.3) is 0 Å². The Morgan fingerprint density at radius 3 is 2.55 bits per heavy atom. The lowest BCUT2D eigenvalue weighted by atomic mass is 9.96. The third kappa shape index (κ3) is 2.24. The zero-order chi connectivity index (χ0) is 15.1. The maximum Gasteiger partial charge on any atom is 0.256 e. The molecule has 1 heterocycles. The Labute approximate surface area is 119 Å². The summed E-state index contributed by atoms with van der Waals surface area (Å²) >= 11 is 0. The topological polar surface area (TPSA) is 66.6 Å². The molecular formula is C15H21N3O2. The van der Waals surface area contributed by atoms with E-state index in [4.69, 9.17) is 5.73 Å². The largest absolute Gasteiger partial charge is 0.398 e. The van der Waals surface area contributed by atoms with E-state index >= 15 is 0 Å². The van der Waals surface area contributed by atoms with Crippen LogP contribution in [-0.2, 0) is 4.79 Å². The van der Waals surface area contributed by atoms with E-state index in [0.717, 1.165) is 5.56 Å². The monoisotopic (exact) mass is 275 g/mol. The highest BCUT2D eigenvalue weighted by molar-refractivity contribution is 6.03. The van der Waals surface area contributed by atoms with Crippen molar-refractivity contribution in [2.45, 2.75) is 26.3 Å². The SMILES string of the molecule is Cc1ccc(C(=O)N2CCN(C)C(=O)C2(C)C)c(N)c1. The van der Waals surface area contributed by atoms with Gasteiger partial charge in [0, 0.05) is 25.8 Å². The quantitative estimate of drug-likeness (QED) is 0.785. The van der Waals surface area contributed by atoms with E-state index in [0.29, 0.717) is 24.3 Å². The minimum atomic E-state index is -0.846. The molecule has 0 radical (unpaired) electrons. The van der Waals surface area contributed by atoms with Gasteiger partial charge in [-0.25, -0.2) is 0 Å². The van der Waals surface area contributed by atoms with Gasteiger partial charge in [-0.15, -0.1) is 0 Å². The summed E-state index contributed by atoms with van der Waals surface area (Å²) in [5.41, 5.74) is 7.01. The number of piperazine rings is 1. The number of hydrogen-bond acceptors (Lipinski definition) is 3. The van der Waals surface area contributed by atoms with Crippen molar-refractivity contribution in [3.05, 3.63) is 29.3 Å². The fraction of sp³-hybridized carbons (Fsp3) is 0.467.